The van der Waals surface area contributed by atoms with Gasteiger partial charge in [0.05, 0.1) is 13.7 Å². The lowest BCUT2D eigenvalue weighted by Crippen LogP contribution is -2.28. The fourth-order valence-electron chi connectivity index (χ4n) is 2.50. The van der Waals surface area contributed by atoms with Crippen molar-refractivity contribution >= 4 is 22.6 Å². The molecular formula is C18H21NO4. The fourth-order valence-corrected chi connectivity index (χ4v) is 2.50. The zero-order chi connectivity index (χ0) is 16.8. The minimum atomic E-state index is -0.337. The summed E-state index contributed by atoms with van der Waals surface area (Å²) in [5.41, 5.74) is 1.01. The standard InChI is InChI=1S/C18H21NO4/c1-12(20)19-10-15(11-23-13(2)21)17-6-4-5-14-7-8-16(22-3)9-18(14)17/h4-9,15H,10-11H2,1-3H3,(H,19,20). The second-order valence-corrected chi connectivity index (χ2v) is 5.37. The average Bonchev–Trinajstić information content (AvgIpc) is 2.53. The van der Waals surface area contributed by atoms with E-state index in [1.165, 1.54) is 13.8 Å². The molecular weight excluding hydrogens is 294 g/mol. The molecule has 0 aliphatic carbocycles. The van der Waals surface area contributed by atoms with Crippen molar-refractivity contribution in [3.63, 3.8) is 0 Å². The Balaban J connectivity index is 2.40. The van der Waals surface area contributed by atoms with E-state index in [1.807, 2.05) is 36.4 Å². The lowest BCUT2D eigenvalue weighted by atomic mass is 9.93. The summed E-state index contributed by atoms with van der Waals surface area (Å²) in [5.74, 6) is 0.181. The maximum atomic E-state index is 11.2. The molecule has 1 amide bonds. The quantitative estimate of drug-likeness (QED) is 0.832. The van der Waals surface area contributed by atoms with Crippen molar-refractivity contribution in [3.05, 3.63) is 42.0 Å². The smallest absolute Gasteiger partial charge is 0.302 e. The Labute approximate surface area is 135 Å². The number of hydrogen-bond acceptors (Lipinski definition) is 4. The minimum absolute atomic E-state index is 0.115. The van der Waals surface area contributed by atoms with E-state index < -0.39 is 0 Å². The van der Waals surface area contributed by atoms with Crippen LogP contribution < -0.4 is 10.1 Å². The van der Waals surface area contributed by atoms with Crippen LogP contribution in [0.25, 0.3) is 10.8 Å². The summed E-state index contributed by atoms with van der Waals surface area (Å²) in [6, 6.07) is 11.8. The number of benzene rings is 2. The Morgan fingerprint density at radius 3 is 2.61 bits per heavy atom. The van der Waals surface area contributed by atoms with Gasteiger partial charge in [-0.2, -0.15) is 0 Å². The number of esters is 1. The normalized spacial score (nSPS) is 11.8. The Morgan fingerprint density at radius 2 is 1.96 bits per heavy atom. The van der Waals surface area contributed by atoms with Crippen LogP contribution in [0.4, 0.5) is 0 Å². The van der Waals surface area contributed by atoms with Crippen LogP contribution in [0.2, 0.25) is 0 Å². The number of fused-ring (bicyclic) bond motifs is 1. The number of nitrogens with one attached hydrogen (secondary N) is 1. The first-order valence-corrected chi connectivity index (χ1v) is 7.45. The molecule has 5 heteroatoms. The molecule has 2 aromatic carbocycles. The van der Waals surface area contributed by atoms with Crippen molar-refractivity contribution in [1.82, 2.24) is 5.32 Å². The van der Waals surface area contributed by atoms with Gasteiger partial charge in [-0.25, -0.2) is 0 Å². The van der Waals surface area contributed by atoms with Gasteiger partial charge in [0, 0.05) is 26.3 Å². The maximum absolute atomic E-state index is 11.2. The van der Waals surface area contributed by atoms with Crippen molar-refractivity contribution in [1.29, 1.82) is 0 Å². The van der Waals surface area contributed by atoms with Gasteiger partial charge < -0.3 is 14.8 Å². The van der Waals surface area contributed by atoms with Crippen LogP contribution in [-0.2, 0) is 14.3 Å². The average molecular weight is 315 g/mol. The van der Waals surface area contributed by atoms with Crippen LogP contribution in [0.3, 0.4) is 0 Å². The van der Waals surface area contributed by atoms with E-state index in [9.17, 15) is 9.59 Å². The summed E-state index contributed by atoms with van der Waals surface area (Å²) in [4.78, 5) is 22.4. The molecule has 5 nitrogen and oxygen atoms in total. The molecule has 1 atom stereocenters. The van der Waals surface area contributed by atoms with Crippen molar-refractivity contribution < 1.29 is 19.1 Å². The zero-order valence-corrected chi connectivity index (χ0v) is 13.6. The second-order valence-electron chi connectivity index (χ2n) is 5.37. The summed E-state index contributed by atoms with van der Waals surface area (Å²) in [5, 5.41) is 4.89. The van der Waals surface area contributed by atoms with Crippen LogP contribution in [0.1, 0.15) is 25.3 Å². The number of ether oxygens (including phenoxy) is 2. The zero-order valence-electron chi connectivity index (χ0n) is 13.6. The molecule has 1 unspecified atom stereocenters. The van der Waals surface area contributed by atoms with Gasteiger partial charge in [-0.1, -0.05) is 24.3 Å². The third-order valence-corrected chi connectivity index (χ3v) is 3.65. The number of carbonyl (C=O) groups excluding carboxylic acids is 2. The summed E-state index contributed by atoms with van der Waals surface area (Å²) < 4.78 is 10.5. The van der Waals surface area contributed by atoms with E-state index in [1.54, 1.807) is 7.11 Å². The third-order valence-electron chi connectivity index (χ3n) is 3.65. The molecule has 0 aromatic heterocycles. The monoisotopic (exact) mass is 315 g/mol. The first kappa shape index (κ1) is 16.8. The van der Waals surface area contributed by atoms with E-state index >= 15 is 0 Å². The highest BCUT2D eigenvalue weighted by Crippen LogP contribution is 2.29. The number of hydrogen-bond donors (Lipinski definition) is 1. The van der Waals surface area contributed by atoms with Crippen LogP contribution >= 0.6 is 0 Å². The van der Waals surface area contributed by atoms with Crippen molar-refractivity contribution in [3.8, 4) is 5.75 Å². The predicted octanol–water partition coefficient (Wildman–Crippen LogP) is 2.63. The van der Waals surface area contributed by atoms with Gasteiger partial charge in [0.1, 0.15) is 5.75 Å². The molecule has 2 rings (SSSR count). The van der Waals surface area contributed by atoms with Crippen LogP contribution in [0.5, 0.6) is 5.75 Å². The molecule has 0 fully saturated rings. The molecule has 0 saturated carbocycles. The molecule has 0 radical (unpaired) electrons. The highest BCUT2D eigenvalue weighted by molar-refractivity contribution is 5.87. The van der Waals surface area contributed by atoms with Crippen LogP contribution in [0.15, 0.2) is 36.4 Å². The fraction of sp³-hybridized carbons (Fsp3) is 0.333. The topological polar surface area (TPSA) is 64.6 Å². The van der Waals surface area contributed by atoms with Crippen molar-refractivity contribution in [2.75, 3.05) is 20.3 Å². The summed E-state index contributed by atoms with van der Waals surface area (Å²) in [6.07, 6.45) is 0. The molecule has 2 aromatic rings. The van der Waals surface area contributed by atoms with Gasteiger partial charge in [0.2, 0.25) is 5.91 Å². The maximum Gasteiger partial charge on any atom is 0.302 e. The number of carbonyl (C=O) groups is 2. The molecule has 0 aliphatic rings. The first-order valence-electron chi connectivity index (χ1n) is 7.45. The second kappa shape index (κ2) is 7.63. The summed E-state index contributed by atoms with van der Waals surface area (Å²) in [7, 11) is 1.62. The Hall–Kier alpha value is -2.56. The van der Waals surface area contributed by atoms with E-state index in [-0.39, 0.29) is 24.4 Å². The lowest BCUT2D eigenvalue weighted by molar-refractivity contribution is -0.141. The van der Waals surface area contributed by atoms with Gasteiger partial charge >= 0.3 is 5.97 Å². The molecule has 0 heterocycles. The largest absolute Gasteiger partial charge is 0.497 e. The highest BCUT2D eigenvalue weighted by Gasteiger charge is 2.17. The number of methoxy groups -OCH3 is 1. The van der Waals surface area contributed by atoms with Crippen LogP contribution in [0, 0.1) is 0 Å². The molecule has 0 aliphatic heterocycles. The van der Waals surface area contributed by atoms with Gasteiger partial charge in [-0.3, -0.25) is 9.59 Å². The third kappa shape index (κ3) is 4.45. The Morgan fingerprint density at radius 1 is 1.17 bits per heavy atom. The van der Waals surface area contributed by atoms with E-state index in [0.717, 1.165) is 22.1 Å². The summed E-state index contributed by atoms with van der Waals surface area (Å²) >= 11 is 0. The Kier molecular flexibility index (Phi) is 5.57. The van der Waals surface area contributed by atoms with Gasteiger partial charge in [-0.05, 0) is 28.5 Å². The van der Waals surface area contributed by atoms with Crippen LogP contribution in [-0.4, -0.2) is 32.1 Å². The molecule has 1 N–H and O–H groups in total. The summed E-state index contributed by atoms with van der Waals surface area (Å²) in [6.45, 7) is 3.46. The van der Waals surface area contributed by atoms with Crippen molar-refractivity contribution in [2.24, 2.45) is 0 Å². The van der Waals surface area contributed by atoms with E-state index in [4.69, 9.17) is 9.47 Å². The molecule has 122 valence electrons. The number of rotatable bonds is 6. The first-order chi connectivity index (χ1) is 11.0. The Bertz CT molecular complexity index is 693. The minimum Gasteiger partial charge on any atom is -0.497 e. The van der Waals surface area contributed by atoms with Gasteiger partial charge in [0.15, 0.2) is 0 Å². The molecule has 0 spiro atoms. The van der Waals surface area contributed by atoms with Crippen molar-refractivity contribution in [2.45, 2.75) is 19.8 Å². The number of amides is 1. The van der Waals surface area contributed by atoms with Gasteiger partial charge in [0.25, 0.3) is 0 Å². The van der Waals surface area contributed by atoms with E-state index in [0.29, 0.717) is 6.54 Å². The van der Waals surface area contributed by atoms with E-state index in [2.05, 4.69) is 5.32 Å². The highest BCUT2D eigenvalue weighted by atomic mass is 16.5. The lowest BCUT2D eigenvalue weighted by Gasteiger charge is -2.19. The molecule has 0 saturated heterocycles. The predicted molar refractivity (Wildman–Crippen MR) is 88.6 cm³/mol. The molecule has 23 heavy (non-hydrogen) atoms. The SMILES string of the molecule is COc1ccc2cccc(C(CNC(C)=O)COC(C)=O)c2c1. The molecule has 0 bridgehead atoms. The van der Waals surface area contributed by atoms with Gasteiger partial charge in [-0.15, -0.1) is 0 Å².